The smallest absolute Gasteiger partial charge is 0.247 e. The van der Waals surface area contributed by atoms with E-state index in [0.29, 0.717) is 23.6 Å². The largest absolute Gasteiger partial charge is 0.507 e. The number of nitrogens with one attached hydrogen (secondary N) is 1. The van der Waals surface area contributed by atoms with Crippen molar-refractivity contribution >= 4 is 28.7 Å². The monoisotopic (exact) mass is 480 g/mol. The van der Waals surface area contributed by atoms with Crippen LogP contribution in [0.3, 0.4) is 0 Å². The number of phenolic OH excluding ortho intramolecular Hbond substituents is 1. The lowest BCUT2D eigenvalue weighted by Gasteiger charge is -2.35. The number of fused-ring (bicyclic) bond motifs is 4. The van der Waals surface area contributed by atoms with Crippen molar-refractivity contribution in [3.8, 4) is 17.2 Å². The van der Waals surface area contributed by atoms with Crippen LogP contribution in [-0.2, 0) is 11.2 Å². The normalized spacial score (nSPS) is 16.5. The number of ether oxygens (including phenoxy) is 2. The summed E-state index contributed by atoms with van der Waals surface area (Å²) in [5.41, 5.74) is 5.06. The van der Waals surface area contributed by atoms with Gasteiger partial charge in [-0.25, -0.2) is 0 Å². The maximum atomic E-state index is 13.5. The first-order valence-corrected chi connectivity index (χ1v) is 11.8. The van der Waals surface area contributed by atoms with Gasteiger partial charge < -0.3 is 24.5 Å². The van der Waals surface area contributed by atoms with Gasteiger partial charge in [0.1, 0.15) is 5.75 Å². The molecule has 0 spiro atoms. The van der Waals surface area contributed by atoms with Gasteiger partial charge in [0.05, 0.1) is 11.6 Å². The molecule has 7 heteroatoms. The molecule has 1 amide bonds. The highest BCUT2D eigenvalue weighted by atomic mass is 16.7. The minimum atomic E-state index is -0.332. The van der Waals surface area contributed by atoms with E-state index in [9.17, 15) is 14.7 Å². The molecule has 1 atom stereocenters. The number of carbonyl (C=O) groups is 2. The van der Waals surface area contributed by atoms with Crippen LogP contribution in [0.5, 0.6) is 17.2 Å². The zero-order valence-electron chi connectivity index (χ0n) is 19.7. The SMILES string of the molecule is CC(=O)c1ccc(C=CC(=O)N2CCc3c([nH]c4ccccc34)C2c2ccc3c(c2)OCO3)cc1O. The standard InChI is InChI=1S/C29H24N2O5/c1-17(32)20-9-6-18(14-24(20)33)7-11-27(34)31-13-12-22-21-4-2-3-5-23(21)30-28(22)29(31)19-8-10-25-26(15-19)36-16-35-25/h2-11,14-15,29-30,33H,12-13,16H2,1H3. The highest BCUT2D eigenvalue weighted by molar-refractivity contribution is 5.97. The Balaban J connectivity index is 1.38. The van der Waals surface area contributed by atoms with Gasteiger partial charge >= 0.3 is 0 Å². The number of rotatable bonds is 4. The zero-order chi connectivity index (χ0) is 24.8. The Labute approximate surface area is 207 Å². The Morgan fingerprint density at radius 2 is 1.89 bits per heavy atom. The van der Waals surface area contributed by atoms with Gasteiger partial charge in [-0.15, -0.1) is 0 Å². The van der Waals surface area contributed by atoms with Crippen LogP contribution in [0, 0.1) is 0 Å². The number of H-pyrrole nitrogens is 1. The van der Waals surface area contributed by atoms with E-state index in [4.69, 9.17) is 9.47 Å². The number of ketones is 1. The van der Waals surface area contributed by atoms with E-state index in [1.807, 2.05) is 41.3 Å². The molecule has 0 aliphatic carbocycles. The van der Waals surface area contributed by atoms with Gasteiger partial charge in [-0.1, -0.05) is 30.3 Å². The van der Waals surface area contributed by atoms with E-state index in [-0.39, 0.29) is 35.8 Å². The second-order valence-electron chi connectivity index (χ2n) is 9.03. The number of aromatic hydroxyl groups is 1. The molecule has 180 valence electrons. The van der Waals surface area contributed by atoms with Crippen LogP contribution >= 0.6 is 0 Å². The fraction of sp³-hybridized carbons (Fsp3) is 0.172. The molecule has 2 aliphatic rings. The second kappa shape index (κ2) is 8.61. The zero-order valence-corrected chi connectivity index (χ0v) is 19.7. The summed E-state index contributed by atoms with van der Waals surface area (Å²) < 4.78 is 11.1. The van der Waals surface area contributed by atoms with Gasteiger partial charge in [0.2, 0.25) is 12.7 Å². The predicted molar refractivity (Wildman–Crippen MR) is 135 cm³/mol. The number of nitrogens with zero attached hydrogens (tertiary/aromatic N) is 1. The quantitative estimate of drug-likeness (QED) is 0.317. The number of amides is 1. The first-order chi connectivity index (χ1) is 17.5. The maximum absolute atomic E-state index is 13.5. The van der Waals surface area contributed by atoms with Gasteiger partial charge in [-0.3, -0.25) is 9.59 Å². The van der Waals surface area contributed by atoms with Crippen LogP contribution < -0.4 is 9.47 Å². The fourth-order valence-corrected chi connectivity index (χ4v) is 5.12. The van der Waals surface area contributed by atoms with E-state index in [2.05, 4.69) is 11.1 Å². The van der Waals surface area contributed by atoms with Crippen LogP contribution in [0.25, 0.3) is 17.0 Å². The fourth-order valence-electron chi connectivity index (χ4n) is 5.12. The molecule has 3 aromatic carbocycles. The molecule has 0 radical (unpaired) electrons. The van der Waals surface area contributed by atoms with Crippen molar-refractivity contribution in [2.45, 2.75) is 19.4 Å². The summed E-state index contributed by atoms with van der Waals surface area (Å²) in [4.78, 5) is 30.5. The highest BCUT2D eigenvalue weighted by Gasteiger charge is 2.34. The van der Waals surface area contributed by atoms with Crippen LogP contribution in [0.1, 0.15) is 45.7 Å². The lowest BCUT2D eigenvalue weighted by molar-refractivity contribution is -0.128. The third-order valence-corrected chi connectivity index (χ3v) is 6.85. The lowest BCUT2D eigenvalue weighted by atomic mass is 9.92. The Kier molecular flexibility index (Phi) is 5.25. The number of aromatic amines is 1. The molecular weight excluding hydrogens is 456 g/mol. The van der Waals surface area contributed by atoms with Crippen molar-refractivity contribution in [3.63, 3.8) is 0 Å². The summed E-state index contributed by atoms with van der Waals surface area (Å²) in [5, 5.41) is 11.3. The number of aromatic nitrogens is 1. The number of carbonyl (C=O) groups excluding carboxylic acids is 2. The molecule has 36 heavy (non-hydrogen) atoms. The van der Waals surface area contributed by atoms with Crippen molar-refractivity contribution in [2.24, 2.45) is 0 Å². The second-order valence-corrected chi connectivity index (χ2v) is 9.03. The third-order valence-electron chi connectivity index (χ3n) is 6.85. The van der Waals surface area contributed by atoms with E-state index in [0.717, 1.165) is 23.2 Å². The van der Waals surface area contributed by atoms with Crippen LogP contribution in [0.4, 0.5) is 0 Å². The molecule has 3 heterocycles. The molecule has 7 nitrogen and oxygen atoms in total. The molecule has 0 fully saturated rings. The summed E-state index contributed by atoms with van der Waals surface area (Å²) in [5.74, 6) is 0.888. The van der Waals surface area contributed by atoms with Gasteiger partial charge in [0, 0.05) is 29.2 Å². The summed E-state index contributed by atoms with van der Waals surface area (Å²) >= 11 is 0. The van der Waals surface area contributed by atoms with Gasteiger partial charge in [0.15, 0.2) is 17.3 Å². The highest BCUT2D eigenvalue weighted by Crippen LogP contribution is 2.42. The summed E-state index contributed by atoms with van der Waals surface area (Å²) in [6.45, 7) is 2.13. The number of para-hydroxylation sites is 1. The van der Waals surface area contributed by atoms with Crippen LogP contribution in [-0.4, -0.2) is 40.0 Å². The first kappa shape index (κ1) is 22.0. The summed E-state index contributed by atoms with van der Waals surface area (Å²) in [7, 11) is 0. The Hall–Kier alpha value is -4.52. The minimum Gasteiger partial charge on any atom is -0.507 e. The third kappa shape index (κ3) is 3.69. The number of phenols is 1. The molecule has 1 aromatic heterocycles. The molecule has 0 saturated carbocycles. The molecular formula is C29H24N2O5. The van der Waals surface area contributed by atoms with E-state index in [1.54, 1.807) is 18.2 Å². The molecule has 4 aromatic rings. The van der Waals surface area contributed by atoms with Gasteiger partial charge in [0.25, 0.3) is 0 Å². The predicted octanol–water partition coefficient (Wildman–Crippen LogP) is 4.99. The van der Waals surface area contributed by atoms with Crippen molar-refractivity contribution < 1.29 is 24.2 Å². The van der Waals surface area contributed by atoms with Crippen molar-refractivity contribution in [1.29, 1.82) is 0 Å². The molecule has 0 bridgehead atoms. The molecule has 2 aliphatic heterocycles. The molecule has 1 unspecified atom stereocenters. The van der Waals surface area contributed by atoms with Gasteiger partial charge in [-0.05, 0) is 66.4 Å². The molecule has 2 N–H and O–H groups in total. The van der Waals surface area contributed by atoms with Crippen LogP contribution in [0.2, 0.25) is 0 Å². The Morgan fingerprint density at radius 1 is 1.06 bits per heavy atom. The topological polar surface area (TPSA) is 91.9 Å². The van der Waals surface area contributed by atoms with E-state index < -0.39 is 0 Å². The first-order valence-electron chi connectivity index (χ1n) is 11.8. The number of hydrogen-bond donors (Lipinski definition) is 2. The Bertz CT molecular complexity index is 1550. The van der Waals surface area contributed by atoms with Crippen LogP contribution in [0.15, 0.2) is 66.7 Å². The van der Waals surface area contributed by atoms with Crippen molar-refractivity contribution in [3.05, 3.63) is 94.7 Å². The average Bonchev–Trinajstić information content (AvgIpc) is 3.50. The summed E-state index contributed by atoms with van der Waals surface area (Å²) in [6.07, 6.45) is 3.90. The Morgan fingerprint density at radius 3 is 2.72 bits per heavy atom. The van der Waals surface area contributed by atoms with E-state index in [1.165, 1.54) is 30.0 Å². The number of benzene rings is 3. The molecule has 0 saturated heterocycles. The number of Topliss-reactive ketones (excluding diaryl/α,β-unsaturated/α-hetero) is 1. The average molecular weight is 481 g/mol. The summed E-state index contributed by atoms with van der Waals surface area (Å²) in [6, 6.07) is 18.4. The minimum absolute atomic E-state index is 0.101. The van der Waals surface area contributed by atoms with E-state index >= 15 is 0 Å². The maximum Gasteiger partial charge on any atom is 0.247 e. The van der Waals surface area contributed by atoms with Gasteiger partial charge in [-0.2, -0.15) is 0 Å². The lowest BCUT2D eigenvalue weighted by Crippen LogP contribution is -2.39. The van der Waals surface area contributed by atoms with Crippen molar-refractivity contribution in [1.82, 2.24) is 9.88 Å². The number of hydrogen-bond acceptors (Lipinski definition) is 5. The van der Waals surface area contributed by atoms with Crippen molar-refractivity contribution in [2.75, 3.05) is 13.3 Å². The molecule has 6 rings (SSSR count).